The van der Waals surface area contributed by atoms with Crippen LogP contribution in [-0.2, 0) is 16.0 Å². The van der Waals surface area contributed by atoms with Gasteiger partial charge in [0.2, 0.25) is 5.91 Å². The Hall–Kier alpha value is -3.68. The molecule has 8 heteroatoms. The molecule has 1 spiro atoms. The second-order valence-corrected chi connectivity index (χ2v) is 9.02. The van der Waals surface area contributed by atoms with Crippen molar-refractivity contribution in [2.75, 3.05) is 18.4 Å². The fraction of sp³-hybridized carbons (Fsp3) is 0.385. The van der Waals surface area contributed by atoms with E-state index in [0.29, 0.717) is 30.6 Å². The monoisotopic (exact) mass is 462 g/mol. The Morgan fingerprint density at radius 3 is 2.56 bits per heavy atom. The molecule has 2 aliphatic rings. The molecule has 1 aliphatic carbocycles. The van der Waals surface area contributed by atoms with Crippen LogP contribution < -0.4 is 16.0 Å². The quantitative estimate of drug-likeness (QED) is 0.550. The number of para-hydroxylation sites is 1. The van der Waals surface area contributed by atoms with Crippen molar-refractivity contribution in [2.45, 2.75) is 44.6 Å². The number of nitrogens with one attached hydrogen (secondary N) is 3. The third-order valence-corrected chi connectivity index (χ3v) is 6.79. The summed E-state index contributed by atoms with van der Waals surface area (Å²) in [5.41, 5.74) is 0.852. The molecule has 2 unspecified atom stereocenters. The number of amides is 5. The van der Waals surface area contributed by atoms with E-state index in [1.165, 1.54) is 0 Å². The maximum atomic E-state index is 13.1. The van der Waals surface area contributed by atoms with Gasteiger partial charge in [0.1, 0.15) is 12.1 Å². The van der Waals surface area contributed by atoms with Crippen LogP contribution in [0.2, 0.25) is 0 Å². The van der Waals surface area contributed by atoms with Crippen molar-refractivity contribution in [3.05, 3.63) is 65.7 Å². The summed E-state index contributed by atoms with van der Waals surface area (Å²) in [4.78, 5) is 52.1. The highest BCUT2D eigenvalue weighted by Crippen LogP contribution is 2.38. The smallest absolute Gasteiger partial charge is 0.325 e. The normalized spacial score (nSPS) is 21.9. The number of hydrogen-bond acceptors (Lipinski definition) is 4. The van der Waals surface area contributed by atoms with Crippen molar-refractivity contribution in [1.82, 2.24) is 15.5 Å². The highest BCUT2D eigenvalue weighted by molar-refractivity contribution is 6.11. The van der Waals surface area contributed by atoms with Crippen LogP contribution in [0.1, 0.15) is 48.5 Å². The Labute approximate surface area is 199 Å². The third kappa shape index (κ3) is 4.81. The average Bonchev–Trinajstić information content (AvgIpc) is 3.06. The van der Waals surface area contributed by atoms with Gasteiger partial charge in [0.05, 0.1) is 11.3 Å². The van der Waals surface area contributed by atoms with Gasteiger partial charge < -0.3 is 16.0 Å². The van der Waals surface area contributed by atoms with E-state index >= 15 is 0 Å². The molecule has 178 valence electrons. The van der Waals surface area contributed by atoms with E-state index in [9.17, 15) is 19.2 Å². The van der Waals surface area contributed by atoms with Gasteiger partial charge in [-0.3, -0.25) is 19.3 Å². The molecule has 0 radical (unpaired) electrons. The number of rotatable bonds is 7. The van der Waals surface area contributed by atoms with Gasteiger partial charge in [-0.1, -0.05) is 62.2 Å². The van der Waals surface area contributed by atoms with Gasteiger partial charge in [0, 0.05) is 6.54 Å². The molecule has 0 bridgehead atoms. The zero-order valence-electron chi connectivity index (χ0n) is 19.3. The van der Waals surface area contributed by atoms with Crippen LogP contribution in [0.5, 0.6) is 0 Å². The molecule has 2 atom stereocenters. The minimum atomic E-state index is -0.911. The molecule has 34 heavy (non-hydrogen) atoms. The fourth-order valence-electron chi connectivity index (χ4n) is 4.82. The first-order valence-corrected chi connectivity index (χ1v) is 11.8. The van der Waals surface area contributed by atoms with Crippen LogP contribution in [0, 0.1) is 5.92 Å². The van der Waals surface area contributed by atoms with E-state index in [-0.39, 0.29) is 17.7 Å². The van der Waals surface area contributed by atoms with Gasteiger partial charge in [-0.25, -0.2) is 4.79 Å². The van der Waals surface area contributed by atoms with Gasteiger partial charge >= 0.3 is 6.03 Å². The summed E-state index contributed by atoms with van der Waals surface area (Å²) >= 11 is 0. The van der Waals surface area contributed by atoms with Crippen molar-refractivity contribution in [3.8, 4) is 0 Å². The first-order valence-electron chi connectivity index (χ1n) is 11.8. The molecule has 1 saturated carbocycles. The summed E-state index contributed by atoms with van der Waals surface area (Å²) in [5.74, 6) is -1.16. The number of hydrogen-bond donors (Lipinski definition) is 3. The SMILES string of the molecule is CC1CCCCC12NC(=O)N(CC(=O)Nc1ccccc1C(=O)NCCc1ccccc1)C2=O. The predicted octanol–water partition coefficient (Wildman–Crippen LogP) is 3.10. The maximum Gasteiger partial charge on any atom is 0.325 e. The van der Waals surface area contributed by atoms with E-state index in [1.54, 1.807) is 24.3 Å². The number of anilines is 1. The van der Waals surface area contributed by atoms with Gasteiger partial charge in [0.15, 0.2) is 0 Å². The lowest BCUT2D eigenvalue weighted by Crippen LogP contribution is -2.54. The lowest BCUT2D eigenvalue weighted by molar-refractivity contribution is -0.136. The van der Waals surface area contributed by atoms with Gasteiger partial charge in [0.25, 0.3) is 11.8 Å². The molecule has 4 rings (SSSR count). The standard InChI is InChI=1S/C26H30N4O4/c1-18-9-7-8-15-26(18)24(33)30(25(34)29-26)17-22(31)28-21-13-6-5-12-20(21)23(32)27-16-14-19-10-3-2-4-11-19/h2-6,10-13,18H,7-9,14-17H2,1H3,(H,27,32)(H,28,31)(H,29,34). The zero-order valence-corrected chi connectivity index (χ0v) is 19.3. The van der Waals surface area contributed by atoms with Gasteiger partial charge in [-0.15, -0.1) is 0 Å². The predicted molar refractivity (Wildman–Crippen MR) is 128 cm³/mol. The molecule has 8 nitrogen and oxygen atoms in total. The minimum absolute atomic E-state index is 0.0195. The van der Waals surface area contributed by atoms with Gasteiger partial charge in [-0.2, -0.15) is 0 Å². The fourth-order valence-corrected chi connectivity index (χ4v) is 4.82. The summed E-state index contributed by atoms with van der Waals surface area (Å²) in [7, 11) is 0. The van der Waals surface area contributed by atoms with Crippen LogP contribution in [-0.4, -0.2) is 47.3 Å². The Balaban J connectivity index is 1.37. The second-order valence-electron chi connectivity index (χ2n) is 9.02. The Morgan fingerprint density at radius 2 is 1.79 bits per heavy atom. The Bertz CT molecular complexity index is 1090. The molecule has 0 aromatic heterocycles. The van der Waals surface area contributed by atoms with Crippen molar-refractivity contribution < 1.29 is 19.2 Å². The minimum Gasteiger partial charge on any atom is -0.352 e. The molecule has 2 aromatic rings. The van der Waals surface area contributed by atoms with E-state index in [0.717, 1.165) is 29.7 Å². The number of benzene rings is 2. The van der Waals surface area contributed by atoms with E-state index in [1.807, 2.05) is 37.3 Å². The van der Waals surface area contributed by atoms with Gasteiger partial charge in [-0.05, 0) is 42.9 Å². The van der Waals surface area contributed by atoms with E-state index < -0.39 is 24.0 Å². The van der Waals surface area contributed by atoms with Crippen molar-refractivity contribution in [2.24, 2.45) is 5.92 Å². The van der Waals surface area contributed by atoms with E-state index in [2.05, 4.69) is 16.0 Å². The summed E-state index contributed by atoms with van der Waals surface area (Å²) in [5, 5.41) is 8.42. The molecule has 1 aliphatic heterocycles. The summed E-state index contributed by atoms with van der Waals surface area (Å²) in [6.45, 7) is 2.02. The molecule has 5 amide bonds. The summed E-state index contributed by atoms with van der Waals surface area (Å²) in [6, 6.07) is 16.0. The van der Waals surface area contributed by atoms with Crippen LogP contribution >= 0.6 is 0 Å². The number of imide groups is 1. The highest BCUT2D eigenvalue weighted by Gasteiger charge is 2.55. The van der Waals surface area contributed by atoms with Crippen LogP contribution in [0.4, 0.5) is 10.5 Å². The molecular formula is C26H30N4O4. The molecule has 3 N–H and O–H groups in total. The van der Waals surface area contributed by atoms with E-state index in [4.69, 9.17) is 0 Å². The van der Waals surface area contributed by atoms with Crippen LogP contribution in [0.25, 0.3) is 0 Å². The highest BCUT2D eigenvalue weighted by atomic mass is 16.2. The Morgan fingerprint density at radius 1 is 1.06 bits per heavy atom. The summed E-state index contributed by atoms with van der Waals surface area (Å²) in [6.07, 6.45) is 4.02. The first kappa shape index (κ1) is 23.5. The molecule has 1 heterocycles. The van der Waals surface area contributed by atoms with Crippen molar-refractivity contribution in [3.63, 3.8) is 0 Å². The number of carbonyl (C=O) groups is 4. The first-order chi connectivity index (χ1) is 16.4. The lowest BCUT2D eigenvalue weighted by Gasteiger charge is -2.36. The van der Waals surface area contributed by atoms with Crippen LogP contribution in [0.3, 0.4) is 0 Å². The van der Waals surface area contributed by atoms with Crippen molar-refractivity contribution in [1.29, 1.82) is 0 Å². The Kier molecular flexibility index (Phi) is 6.95. The topological polar surface area (TPSA) is 108 Å². The third-order valence-electron chi connectivity index (χ3n) is 6.79. The molecule has 2 fully saturated rings. The molecule has 2 aromatic carbocycles. The summed E-state index contributed by atoms with van der Waals surface area (Å²) < 4.78 is 0. The lowest BCUT2D eigenvalue weighted by atomic mass is 9.73. The maximum absolute atomic E-state index is 13.1. The number of carbonyl (C=O) groups excluding carboxylic acids is 4. The second kappa shape index (κ2) is 10.1. The average molecular weight is 463 g/mol. The van der Waals surface area contributed by atoms with Crippen LogP contribution in [0.15, 0.2) is 54.6 Å². The zero-order chi connectivity index (χ0) is 24.1. The number of urea groups is 1. The van der Waals surface area contributed by atoms with Crippen molar-refractivity contribution >= 4 is 29.4 Å². The largest absolute Gasteiger partial charge is 0.352 e. The molecular weight excluding hydrogens is 432 g/mol. The number of nitrogens with zero attached hydrogens (tertiary/aromatic N) is 1. The molecule has 1 saturated heterocycles.